The molecule has 0 aliphatic carbocycles. The molecule has 17 heavy (non-hydrogen) atoms. The molecule has 0 aromatic carbocycles. The fourth-order valence-corrected chi connectivity index (χ4v) is 1.36. The van der Waals surface area contributed by atoms with Gasteiger partial charge in [-0.25, -0.2) is 8.78 Å². The van der Waals surface area contributed by atoms with Crippen molar-refractivity contribution >= 4 is 5.69 Å². The first kappa shape index (κ1) is 13.8. The molecule has 0 bridgehead atoms. The van der Waals surface area contributed by atoms with Gasteiger partial charge in [-0.2, -0.15) is 0 Å². The zero-order valence-corrected chi connectivity index (χ0v) is 9.35. The van der Waals surface area contributed by atoms with Crippen LogP contribution in [0.5, 0.6) is 0 Å². The Hall–Kier alpha value is -1.27. The third-order valence-electron chi connectivity index (χ3n) is 2.24. The van der Waals surface area contributed by atoms with Gasteiger partial charge in [-0.05, 0) is 18.1 Å². The zero-order chi connectivity index (χ0) is 12.7. The first-order valence-corrected chi connectivity index (χ1v) is 5.32. The Morgan fingerprint density at radius 3 is 2.88 bits per heavy atom. The maximum Gasteiger partial charge on any atom is 0.261 e. The van der Waals surface area contributed by atoms with Gasteiger partial charge in [-0.1, -0.05) is 0 Å². The lowest BCUT2D eigenvalue weighted by Crippen LogP contribution is -2.16. The number of aliphatic hydroxyl groups is 1. The molecule has 1 rings (SSSR count). The number of aliphatic hydroxyl groups excluding tert-OH is 1. The Bertz CT molecular complexity index is 337. The van der Waals surface area contributed by atoms with Gasteiger partial charge >= 0.3 is 0 Å². The van der Waals surface area contributed by atoms with Crippen LogP contribution in [0.1, 0.15) is 12.0 Å². The Morgan fingerprint density at radius 1 is 1.47 bits per heavy atom. The molecule has 0 saturated heterocycles. The van der Waals surface area contributed by atoms with Crippen LogP contribution in [0.3, 0.4) is 0 Å². The van der Waals surface area contributed by atoms with Crippen molar-refractivity contribution in [2.24, 2.45) is 0 Å². The van der Waals surface area contributed by atoms with E-state index in [-0.39, 0.29) is 6.61 Å². The fourth-order valence-electron chi connectivity index (χ4n) is 1.36. The summed E-state index contributed by atoms with van der Waals surface area (Å²) in [6.45, 7) is -0.493. The van der Waals surface area contributed by atoms with Crippen molar-refractivity contribution in [3.8, 4) is 0 Å². The van der Waals surface area contributed by atoms with Crippen LogP contribution in [0, 0.1) is 0 Å². The van der Waals surface area contributed by atoms with Crippen LogP contribution in [-0.4, -0.2) is 35.8 Å². The highest BCUT2D eigenvalue weighted by Gasteiger charge is 2.09. The monoisotopic (exact) mass is 246 g/mol. The number of hydrogen-bond acceptors (Lipinski definition) is 4. The number of alkyl halides is 2. The molecule has 0 aliphatic rings. The molecule has 96 valence electrons. The van der Waals surface area contributed by atoms with Crippen LogP contribution >= 0.6 is 0 Å². The summed E-state index contributed by atoms with van der Waals surface area (Å²) in [5, 5.41) is 9.64. The lowest BCUT2D eigenvalue weighted by atomic mass is 10.1. The van der Waals surface area contributed by atoms with Gasteiger partial charge in [-0.15, -0.1) is 0 Å². The average Bonchev–Trinajstić information content (AvgIpc) is 2.27. The molecule has 1 aromatic rings. The van der Waals surface area contributed by atoms with E-state index < -0.39 is 19.1 Å². The smallest absolute Gasteiger partial charge is 0.261 e. The topological polar surface area (TPSA) is 68.4 Å². The molecule has 3 N–H and O–H groups in total. The van der Waals surface area contributed by atoms with Crippen LogP contribution in [0.4, 0.5) is 14.5 Å². The molecule has 0 saturated carbocycles. The van der Waals surface area contributed by atoms with Gasteiger partial charge in [0, 0.05) is 31.1 Å². The van der Waals surface area contributed by atoms with Crippen LogP contribution < -0.4 is 5.73 Å². The highest BCUT2D eigenvalue weighted by atomic mass is 19.3. The van der Waals surface area contributed by atoms with E-state index in [1.807, 2.05) is 0 Å². The van der Waals surface area contributed by atoms with Crippen molar-refractivity contribution in [1.29, 1.82) is 0 Å². The SMILES string of the molecule is Nc1ccncc1CC(O)CCOCC(F)F. The normalized spacial score (nSPS) is 12.9. The van der Waals surface area contributed by atoms with E-state index in [0.717, 1.165) is 5.56 Å². The summed E-state index contributed by atoms with van der Waals surface area (Å²) in [6, 6.07) is 1.65. The first-order valence-electron chi connectivity index (χ1n) is 5.32. The first-order chi connectivity index (χ1) is 8.09. The van der Waals surface area contributed by atoms with Gasteiger partial charge in [0.25, 0.3) is 6.43 Å². The number of anilines is 1. The summed E-state index contributed by atoms with van der Waals surface area (Å²) in [5.41, 5.74) is 6.99. The van der Waals surface area contributed by atoms with Crippen LogP contribution in [0.2, 0.25) is 0 Å². The number of pyridine rings is 1. The Kier molecular flexibility index (Phi) is 5.79. The quantitative estimate of drug-likeness (QED) is 0.710. The Labute approximate surface area is 98.4 Å². The van der Waals surface area contributed by atoms with Crippen molar-refractivity contribution in [3.63, 3.8) is 0 Å². The number of nitrogens with zero attached hydrogens (tertiary/aromatic N) is 1. The predicted molar refractivity (Wildman–Crippen MR) is 59.8 cm³/mol. The van der Waals surface area contributed by atoms with Gasteiger partial charge in [0.15, 0.2) is 0 Å². The number of hydrogen-bond donors (Lipinski definition) is 2. The lowest BCUT2D eigenvalue weighted by molar-refractivity contribution is 0.00513. The van der Waals surface area contributed by atoms with E-state index in [0.29, 0.717) is 18.5 Å². The molecule has 0 spiro atoms. The summed E-state index contributed by atoms with van der Waals surface area (Å²) < 4.78 is 28.2. The molecule has 0 amide bonds. The van der Waals surface area contributed by atoms with Crippen LogP contribution in [-0.2, 0) is 11.2 Å². The molecule has 4 nitrogen and oxygen atoms in total. The van der Waals surface area contributed by atoms with Gasteiger partial charge in [0.05, 0.1) is 6.10 Å². The summed E-state index contributed by atoms with van der Waals surface area (Å²) in [7, 11) is 0. The van der Waals surface area contributed by atoms with Gasteiger partial charge < -0.3 is 15.6 Å². The Morgan fingerprint density at radius 2 is 2.24 bits per heavy atom. The third kappa shape index (κ3) is 5.55. The summed E-state index contributed by atoms with van der Waals surface area (Å²) in [6.07, 6.45) is 0.647. The number of ether oxygens (including phenoxy) is 1. The molecule has 1 unspecified atom stereocenters. The molecule has 1 aromatic heterocycles. The van der Waals surface area contributed by atoms with Crippen molar-refractivity contribution < 1.29 is 18.6 Å². The molecule has 0 radical (unpaired) electrons. The predicted octanol–water partition coefficient (Wildman–Crippen LogP) is 1.24. The number of aromatic nitrogens is 1. The van der Waals surface area contributed by atoms with Crippen LogP contribution in [0.15, 0.2) is 18.5 Å². The summed E-state index contributed by atoms with van der Waals surface area (Å²) in [5.74, 6) is 0. The van der Waals surface area contributed by atoms with Crippen LogP contribution in [0.25, 0.3) is 0 Å². The number of rotatable bonds is 7. The highest BCUT2D eigenvalue weighted by Crippen LogP contribution is 2.12. The molecule has 0 fully saturated rings. The standard InChI is InChI=1S/C11H16F2N2O2/c12-11(13)7-17-4-2-9(16)5-8-6-15-3-1-10(8)14/h1,3,6,9,11,16H,2,4-5,7H2,(H2,14,15). The van der Waals surface area contributed by atoms with Crippen molar-refractivity contribution in [2.75, 3.05) is 18.9 Å². The fraction of sp³-hybridized carbons (Fsp3) is 0.545. The molecule has 0 aliphatic heterocycles. The van der Waals surface area contributed by atoms with Gasteiger partial charge in [0.2, 0.25) is 0 Å². The highest BCUT2D eigenvalue weighted by molar-refractivity contribution is 5.44. The largest absolute Gasteiger partial charge is 0.398 e. The van der Waals surface area contributed by atoms with E-state index in [1.165, 1.54) is 0 Å². The second kappa shape index (κ2) is 7.13. The maximum absolute atomic E-state index is 11.7. The number of nitrogen functional groups attached to an aromatic ring is 1. The molecule has 1 heterocycles. The lowest BCUT2D eigenvalue weighted by Gasteiger charge is -2.12. The Balaban J connectivity index is 2.25. The maximum atomic E-state index is 11.7. The zero-order valence-electron chi connectivity index (χ0n) is 9.35. The van der Waals surface area contributed by atoms with E-state index in [9.17, 15) is 13.9 Å². The molecular weight excluding hydrogens is 230 g/mol. The number of nitrogens with two attached hydrogens (primary N) is 1. The van der Waals surface area contributed by atoms with Gasteiger partial charge in [0.1, 0.15) is 6.61 Å². The molecule has 6 heteroatoms. The van der Waals surface area contributed by atoms with Crippen molar-refractivity contribution in [2.45, 2.75) is 25.4 Å². The number of halogens is 2. The minimum atomic E-state index is -2.47. The third-order valence-corrected chi connectivity index (χ3v) is 2.24. The van der Waals surface area contributed by atoms with E-state index in [4.69, 9.17) is 5.73 Å². The van der Waals surface area contributed by atoms with E-state index >= 15 is 0 Å². The summed E-state index contributed by atoms with van der Waals surface area (Å²) >= 11 is 0. The second-order valence-electron chi connectivity index (χ2n) is 3.69. The van der Waals surface area contributed by atoms with Crippen molar-refractivity contribution in [3.05, 3.63) is 24.0 Å². The minimum absolute atomic E-state index is 0.103. The second-order valence-corrected chi connectivity index (χ2v) is 3.69. The average molecular weight is 246 g/mol. The van der Waals surface area contributed by atoms with Gasteiger partial charge in [-0.3, -0.25) is 4.98 Å². The molecular formula is C11H16F2N2O2. The van der Waals surface area contributed by atoms with E-state index in [1.54, 1.807) is 18.5 Å². The van der Waals surface area contributed by atoms with E-state index in [2.05, 4.69) is 9.72 Å². The minimum Gasteiger partial charge on any atom is -0.398 e. The summed E-state index contributed by atoms with van der Waals surface area (Å²) in [4.78, 5) is 3.90. The molecule has 1 atom stereocenters. The van der Waals surface area contributed by atoms with Crippen molar-refractivity contribution in [1.82, 2.24) is 4.98 Å².